The van der Waals surface area contributed by atoms with Gasteiger partial charge in [-0.2, -0.15) is 0 Å². The maximum absolute atomic E-state index is 9.47. The Morgan fingerprint density at radius 3 is 2.62 bits per heavy atom. The molecule has 0 amide bonds. The molecule has 0 aliphatic carbocycles. The number of aromatic hydroxyl groups is 2. The molecule has 0 aliphatic heterocycles. The average molecular weight is 202 g/mol. The van der Waals surface area contributed by atoms with Gasteiger partial charge in [0.1, 0.15) is 11.5 Å². The van der Waals surface area contributed by atoms with Gasteiger partial charge in [0.05, 0.1) is 5.02 Å². The molecule has 1 atom stereocenters. The molecular weight excluding hydrogens is 190 g/mol. The fourth-order valence-corrected chi connectivity index (χ4v) is 1.38. The third-order valence-corrected chi connectivity index (χ3v) is 1.96. The highest BCUT2D eigenvalue weighted by Crippen LogP contribution is 2.32. The van der Waals surface area contributed by atoms with Crippen molar-refractivity contribution in [1.82, 2.24) is 0 Å². The van der Waals surface area contributed by atoms with E-state index in [4.69, 9.17) is 17.3 Å². The summed E-state index contributed by atoms with van der Waals surface area (Å²) < 4.78 is 0. The minimum absolute atomic E-state index is 0.00299. The summed E-state index contributed by atoms with van der Waals surface area (Å²) >= 11 is 5.65. The molecule has 13 heavy (non-hydrogen) atoms. The Morgan fingerprint density at radius 2 is 2.08 bits per heavy atom. The van der Waals surface area contributed by atoms with Crippen molar-refractivity contribution in [3.05, 3.63) is 22.7 Å². The van der Waals surface area contributed by atoms with Gasteiger partial charge in [-0.05, 0) is 19.4 Å². The molecule has 0 aromatic heterocycles. The van der Waals surface area contributed by atoms with Gasteiger partial charge in [0.15, 0.2) is 0 Å². The molecule has 1 unspecified atom stereocenters. The van der Waals surface area contributed by atoms with E-state index in [1.165, 1.54) is 12.1 Å². The van der Waals surface area contributed by atoms with E-state index < -0.39 is 0 Å². The quantitative estimate of drug-likeness (QED) is 0.638. The fourth-order valence-electron chi connectivity index (χ4n) is 1.14. The average Bonchev–Trinajstić information content (AvgIpc) is 1.98. The molecule has 0 fully saturated rings. The molecule has 1 aromatic carbocycles. The van der Waals surface area contributed by atoms with E-state index in [-0.39, 0.29) is 22.6 Å². The van der Waals surface area contributed by atoms with Gasteiger partial charge in [-0.15, -0.1) is 0 Å². The topological polar surface area (TPSA) is 66.5 Å². The number of hydrogen-bond donors (Lipinski definition) is 3. The highest BCUT2D eigenvalue weighted by Gasteiger charge is 2.09. The van der Waals surface area contributed by atoms with Crippen LogP contribution >= 0.6 is 11.6 Å². The van der Waals surface area contributed by atoms with Crippen molar-refractivity contribution < 1.29 is 10.2 Å². The number of phenolic OH excluding ortho intramolecular Hbond substituents is 2. The van der Waals surface area contributed by atoms with Crippen molar-refractivity contribution >= 4 is 11.6 Å². The smallest absolute Gasteiger partial charge is 0.137 e. The molecule has 1 rings (SSSR count). The number of phenols is 2. The summed E-state index contributed by atoms with van der Waals surface area (Å²) in [5.41, 5.74) is 6.13. The normalized spacial score (nSPS) is 12.8. The Balaban J connectivity index is 3.05. The van der Waals surface area contributed by atoms with Crippen LogP contribution in [0.2, 0.25) is 5.02 Å². The molecule has 4 heteroatoms. The monoisotopic (exact) mass is 201 g/mol. The highest BCUT2D eigenvalue weighted by molar-refractivity contribution is 6.32. The Morgan fingerprint density at radius 1 is 1.46 bits per heavy atom. The lowest BCUT2D eigenvalue weighted by Crippen LogP contribution is -2.17. The second kappa shape index (κ2) is 3.85. The zero-order chi connectivity index (χ0) is 10.0. The molecule has 4 N–H and O–H groups in total. The van der Waals surface area contributed by atoms with Gasteiger partial charge in [-0.25, -0.2) is 0 Å². The minimum Gasteiger partial charge on any atom is -0.508 e. The lowest BCUT2D eigenvalue weighted by Gasteiger charge is -2.09. The number of benzene rings is 1. The van der Waals surface area contributed by atoms with Crippen molar-refractivity contribution in [3.8, 4) is 11.5 Å². The number of rotatable bonds is 2. The number of nitrogens with two attached hydrogens (primary N) is 1. The van der Waals surface area contributed by atoms with Gasteiger partial charge in [0.25, 0.3) is 0 Å². The molecule has 0 spiro atoms. The Bertz CT molecular complexity index is 313. The molecule has 72 valence electrons. The Kier molecular flexibility index (Phi) is 3.01. The second-order valence-electron chi connectivity index (χ2n) is 3.12. The van der Waals surface area contributed by atoms with Crippen molar-refractivity contribution in [1.29, 1.82) is 0 Å². The number of hydrogen-bond acceptors (Lipinski definition) is 3. The molecule has 0 aliphatic rings. The first-order chi connectivity index (χ1) is 6.00. The van der Waals surface area contributed by atoms with Crippen LogP contribution < -0.4 is 5.73 Å². The van der Waals surface area contributed by atoms with Crippen LogP contribution in [0.5, 0.6) is 11.5 Å². The SMILES string of the molecule is CC(N)Cc1cc(O)cc(Cl)c1O. The minimum atomic E-state index is -0.0798. The third kappa shape index (κ3) is 2.50. The van der Waals surface area contributed by atoms with E-state index >= 15 is 0 Å². The molecule has 1 aromatic rings. The maximum atomic E-state index is 9.47. The molecular formula is C9H12ClNO2. The molecule has 0 heterocycles. The Labute approximate surface area is 81.8 Å². The van der Waals surface area contributed by atoms with Crippen molar-refractivity contribution in [2.24, 2.45) is 5.73 Å². The summed E-state index contributed by atoms with van der Waals surface area (Å²) in [4.78, 5) is 0. The van der Waals surface area contributed by atoms with Gasteiger partial charge in [0, 0.05) is 17.7 Å². The standard InChI is InChI=1S/C9H12ClNO2/c1-5(11)2-6-3-7(12)4-8(10)9(6)13/h3-5,12-13H,2,11H2,1H3. The van der Waals surface area contributed by atoms with Crippen LogP contribution in [0, 0.1) is 0 Å². The lowest BCUT2D eigenvalue weighted by atomic mass is 10.1. The van der Waals surface area contributed by atoms with Crippen LogP contribution in [0.4, 0.5) is 0 Å². The first kappa shape index (κ1) is 10.2. The molecule has 0 radical (unpaired) electrons. The second-order valence-corrected chi connectivity index (χ2v) is 3.52. The summed E-state index contributed by atoms with van der Waals surface area (Å²) in [5, 5.41) is 18.8. The van der Waals surface area contributed by atoms with Crippen LogP contribution in [0.25, 0.3) is 0 Å². The summed E-state index contributed by atoms with van der Waals surface area (Å²) in [6.45, 7) is 1.82. The zero-order valence-electron chi connectivity index (χ0n) is 7.29. The van der Waals surface area contributed by atoms with Gasteiger partial charge >= 0.3 is 0 Å². The van der Waals surface area contributed by atoms with E-state index in [9.17, 15) is 10.2 Å². The highest BCUT2D eigenvalue weighted by atomic mass is 35.5. The van der Waals surface area contributed by atoms with Crippen LogP contribution in [0.1, 0.15) is 12.5 Å². The summed E-state index contributed by atoms with van der Waals surface area (Å²) in [6.07, 6.45) is 0.486. The molecule has 3 nitrogen and oxygen atoms in total. The zero-order valence-corrected chi connectivity index (χ0v) is 8.04. The van der Waals surface area contributed by atoms with Crippen molar-refractivity contribution in [3.63, 3.8) is 0 Å². The summed E-state index contributed by atoms with van der Waals surface area (Å²) in [7, 11) is 0. The number of halogens is 1. The van der Waals surface area contributed by atoms with Crippen LogP contribution in [-0.2, 0) is 6.42 Å². The van der Waals surface area contributed by atoms with E-state index in [0.29, 0.717) is 12.0 Å². The van der Waals surface area contributed by atoms with Gasteiger partial charge < -0.3 is 15.9 Å². The van der Waals surface area contributed by atoms with Gasteiger partial charge in [-0.3, -0.25) is 0 Å². The van der Waals surface area contributed by atoms with Crippen LogP contribution in [0.15, 0.2) is 12.1 Å². The first-order valence-corrected chi connectivity index (χ1v) is 4.34. The molecule has 0 bridgehead atoms. The maximum Gasteiger partial charge on any atom is 0.137 e. The largest absolute Gasteiger partial charge is 0.508 e. The molecule has 0 saturated carbocycles. The predicted octanol–water partition coefficient (Wildman–Crippen LogP) is 1.64. The van der Waals surface area contributed by atoms with E-state index in [1.54, 1.807) is 0 Å². The van der Waals surface area contributed by atoms with E-state index in [1.807, 2.05) is 6.92 Å². The van der Waals surface area contributed by atoms with Gasteiger partial charge in [-0.1, -0.05) is 11.6 Å². The third-order valence-electron chi connectivity index (χ3n) is 1.67. The van der Waals surface area contributed by atoms with Crippen LogP contribution in [0.3, 0.4) is 0 Å². The van der Waals surface area contributed by atoms with E-state index in [2.05, 4.69) is 0 Å². The lowest BCUT2D eigenvalue weighted by molar-refractivity contribution is 0.452. The molecule has 0 saturated heterocycles. The predicted molar refractivity (Wildman–Crippen MR) is 52.1 cm³/mol. The Hall–Kier alpha value is -0.930. The van der Waals surface area contributed by atoms with Crippen molar-refractivity contribution in [2.75, 3.05) is 0 Å². The van der Waals surface area contributed by atoms with Crippen LogP contribution in [-0.4, -0.2) is 16.3 Å². The fraction of sp³-hybridized carbons (Fsp3) is 0.333. The summed E-state index contributed by atoms with van der Waals surface area (Å²) in [6, 6.07) is 2.68. The summed E-state index contributed by atoms with van der Waals surface area (Å²) in [5.74, 6) is 0.0372. The first-order valence-electron chi connectivity index (χ1n) is 3.96. The van der Waals surface area contributed by atoms with E-state index in [0.717, 1.165) is 0 Å². The van der Waals surface area contributed by atoms with Crippen molar-refractivity contribution in [2.45, 2.75) is 19.4 Å². The van der Waals surface area contributed by atoms with Gasteiger partial charge in [0.2, 0.25) is 0 Å².